The van der Waals surface area contributed by atoms with Crippen molar-refractivity contribution in [1.82, 2.24) is 4.90 Å². The van der Waals surface area contributed by atoms with Gasteiger partial charge in [0.25, 0.3) is 5.92 Å². The van der Waals surface area contributed by atoms with Crippen molar-refractivity contribution in [2.45, 2.75) is 71.9 Å². The highest BCUT2D eigenvalue weighted by molar-refractivity contribution is 5.68. The number of likely N-dealkylation sites (tertiary alicyclic amines) is 1. The molecule has 0 saturated carbocycles. The third-order valence-corrected chi connectivity index (χ3v) is 2.49. The van der Waals surface area contributed by atoms with Gasteiger partial charge < -0.3 is 4.74 Å². The van der Waals surface area contributed by atoms with Gasteiger partial charge in [-0.05, 0) is 34.1 Å². The van der Waals surface area contributed by atoms with E-state index in [4.69, 9.17) is 4.74 Å². The molecule has 0 bridgehead atoms. The van der Waals surface area contributed by atoms with Crippen molar-refractivity contribution in [2.75, 3.05) is 6.54 Å². The van der Waals surface area contributed by atoms with Crippen LogP contribution in [0.2, 0.25) is 0 Å². The predicted molar refractivity (Wildman–Crippen MR) is 67.9 cm³/mol. The molecule has 1 aliphatic rings. The quantitative estimate of drug-likeness (QED) is 0.661. The van der Waals surface area contributed by atoms with Crippen molar-refractivity contribution in [3.05, 3.63) is 0 Å². The molecule has 1 fully saturated rings. The Morgan fingerprint density at radius 1 is 1.33 bits per heavy atom. The van der Waals surface area contributed by atoms with Crippen molar-refractivity contribution in [1.29, 1.82) is 0 Å². The number of halogens is 2. The van der Waals surface area contributed by atoms with Crippen LogP contribution in [-0.4, -0.2) is 35.1 Å². The Labute approximate surface area is 108 Å². The van der Waals surface area contributed by atoms with E-state index < -0.39 is 24.2 Å². The third-order valence-electron chi connectivity index (χ3n) is 2.49. The summed E-state index contributed by atoms with van der Waals surface area (Å²) in [6.07, 6.45) is -0.501. The first kappa shape index (κ1) is 17.1. The molecule has 0 spiro atoms. The van der Waals surface area contributed by atoms with Gasteiger partial charge in [-0.2, -0.15) is 0 Å². The Hall–Kier alpha value is -0.870. The van der Waals surface area contributed by atoms with Crippen molar-refractivity contribution >= 4 is 6.09 Å². The number of piperidine rings is 1. The van der Waals surface area contributed by atoms with Crippen LogP contribution < -0.4 is 0 Å². The lowest BCUT2D eigenvalue weighted by molar-refractivity contribution is -0.0826. The average molecular weight is 265 g/mol. The van der Waals surface area contributed by atoms with Gasteiger partial charge in [0.1, 0.15) is 5.60 Å². The highest BCUT2D eigenvalue weighted by Crippen LogP contribution is 2.30. The summed E-state index contributed by atoms with van der Waals surface area (Å²) in [5.74, 6) is -2.79. The van der Waals surface area contributed by atoms with Crippen molar-refractivity contribution in [3.8, 4) is 0 Å². The summed E-state index contributed by atoms with van der Waals surface area (Å²) in [6.45, 7) is 10.4. The molecule has 0 aromatic carbocycles. The molecule has 1 atom stereocenters. The molecule has 0 N–H and O–H groups in total. The van der Waals surface area contributed by atoms with Gasteiger partial charge in [-0.25, -0.2) is 13.6 Å². The largest absolute Gasteiger partial charge is 0.444 e. The van der Waals surface area contributed by atoms with Crippen LogP contribution in [0.5, 0.6) is 0 Å². The van der Waals surface area contributed by atoms with Crippen LogP contribution in [0, 0.1) is 0 Å². The maximum atomic E-state index is 13.2. The normalized spacial score (nSPS) is 22.9. The van der Waals surface area contributed by atoms with E-state index in [0.717, 1.165) is 4.90 Å². The standard InChI is InChI=1S/C11H19F2NO2.C2H6/c1-8-5-6-11(12,13)7-14(8)9(15)16-10(2,3)4;1-2/h8H,5-7H2,1-4H3;1-2H3. The van der Waals surface area contributed by atoms with E-state index in [1.54, 1.807) is 27.7 Å². The second-order valence-corrected chi connectivity index (χ2v) is 5.35. The van der Waals surface area contributed by atoms with Gasteiger partial charge in [0.15, 0.2) is 0 Å². The van der Waals surface area contributed by atoms with Gasteiger partial charge in [-0.15, -0.1) is 0 Å². The second-order valence-electron chi connectivity index (χ2n) is 5.35. The van der Waals surface area contributed by atoms with Crippen molar-refractivity contribution in [3.63, 3.8) is 0 Å². The van der Waals surface area contributed by atoms with Gasteiger partial charge in [-0.1, -0.05) is 13.8 Å². The van der Waals surface area contributed by atoms with E-state index >= 15 is 0 Å². The summed E-state index contributed by atoms with van der Waals surface area (Å²) in [4.78, 5) is 12.8. The Bertz CT molecular complexity index is 275. The first-order valence-electron chi connectivity index (χ1n) is 6.48. The minimum atomic E-state index is -2.79. The van der Waals surface area contributed by atoms with Crippen LogP contribution in [0.3, 0.4) is 0 Å². The molecule has 1 rings (SSSR count). The molecule has 1 saturated heterocycles. The molecule has 0 radical (unpaired) electrons. The number of carbonyl (C=O) groups excluding carboxylic acids is 1. The predicted octanol–water partition coefficient (Wildman–Crippen LogP) is 4.07. The number of ether oxygens (including phenoxy) is 1. The Balaban J connectivity index is 0.00000137. The third kappa shape index (κ3) is 5.65. The van der Waals surface area contributed by atoms with Crippen LogP contribution >= 0.6 is 0 Å². The van der Waals surface area contributed by atoms with Crippen LogP contribution in [0.15, 0.2) is 0 Å². The lowest BCUT2D eigenvalue weighted by Crippen LogP contribution is -2.51. The molecule has 1 heterocycles. The molecular weight excluding hydrogens is 240 g/mol. The molecule has 1 aliphatic heterocycles. The Morgan fingerprint density at radius 3 is 2.28 bits per heavy atom. The van der Waals surface area contributed by atoms with Crippen LogP contribution in [0.4, 0.5) is 13.6 Å². The number of nitrogens with zero attached hydrogens (tertiary/aromatic N) is 1. The van der Waals surface area contributed by atoms with Crippen LogP contribution in [0.1, 0.15) is 54.4 Å². The SMILES string of the molecule is CC.CC1CCC(F)(F)CN1C(=O)OC(C)(C)C. The number of amides is 1. The average Bonchev–Trinajstić information content (AvgIpc) is 2.22. The number of hydrogen-bond donors (Lipinski definition) is 0. The summed E-state index contributed by atoms with van der Waals surface area (Å²) < 4.78 is 31.4. The van der Waals surface area contributed by atoms with E-state index in [-0.39, 0.29) is 12.5 Å². The van der Waals surface area contributed by atoms with Gasteiger partial charge in [0.2, 0.25) is 0 Å². The van der Waals surface area contributed by atoms with Gasteiger partial charge in [0.05, 0.1) is 6.54 Å². The van der Waals surface area contributed by atoms with Gasteiger partial charge in [0, 0.05) is 12.5 Å². The van der Waals surface area contributed by atoms with E-state index in [2.05, 4.69) is 0 Å². The zero-order valence-corrected chi connectivity index (χ0v) is 12.2. The maximum Gasteiger partial charge on any atom is 0.410 e. The van der Waals surface area contributed by atoms with Gasteiger partial charge >= 0.3 is 6.09 Å². The molecule has 1 amide bonds. The molecular formula is C13H25F2NO2. The molecule has 0 aromatic rings. The highest BCUT2D eigenvalue weighted by Gasteiger charge is 2.41. The smallest absolute Gasteiger partial charge is 0.410 e. The molecule has 108 valence electrons. The number of carbonyl (C=O) groups is 1. The van der Waals surface area contributed by atoms with Crippen LogP contribution in [0.25, 0.3) is 0 Å². The monoisotopic (exact) mass is 265 g/mol. The highest BCUT2D eigenvalue weighted by atomic mass is 19.3. The molecule has 0 aliphatic carbocycles. The summed E-state index contributed by atoms with van der Waals surface area (Å²) in [5, 5.41) is 0. The summed E-state index contributed by atoms with van der Waals surface area (Å²) in [6, 6.07) is -0.186. The summed E-state index contributed by atoms with van der Waals surface area (Å²) >= 11 is 0. The van der Waals surface area contributed by atoms with Crippen molar-refractivity contribution < 1.29 is 18.3 Å². The minimum absolute atomic E-state index is 0.159. The number of rotatable bonds is 0. The molecule has 1 unspecified atom stereocenters. The lowest BCUT2D eigenvalue weighted by Gasteiger charge is -2.38. The summed E-state index contributed by atoms with van der Waals surface area (Å²) in [7, 11) is 0. The molecule has 3 nitrogen and oxygen atoms in total. The fourth-order valence-corrected chi connectivity index (χ4v) is 1.63. The number of hydrogen-bond acceptors (Lipinski definition) is 2. The second kappa shape index (κ2) is 6.34. The van der Waals surface area contributed by atoms with E-state index in [0.29, 0.717) is 6.42 Å². The minimum Gasteiger partial charge on any atom is -0.444 e. The molecule has 18 heavy (non-hydrogen) atoms. The first-order valence-corrected chi connectivity index (χ1v) is 6.48. The van der Waals surface area contributed by atoms with Gasteiger partial charge in [-0.3, -0.25) is 4.90 Å². The maximum absolute atomic E-state index is 13.2. The Kier molecular flexibility index (Phi) is 6.04. The van der Waals surface area contributed by atoms with E-state index in [1.165, 1.54) is 0 Å². The van der Waals surface area contributed by atoms with Crippen molar-refractivity contribution in [2.24, 2.45) is 0 Å². The van der Waals surface area contributed by atoms with Crippen LogP contribution in [-0.2, 0) is 4.74 Å². The molecule has 5 heteroatoms. The fourth-order valence-electron chi connectivity index (χ4n) is 1.63. The first-order chi connectivity index (χ1) is 8.11. The van der Waals surface area contributed by atoms with E-state index in [9.17, 15) is 13.6 Å². The van der Waals surface area contributed by atoms with E-state index in [1.807, 2.05) is 13.8 Å². The zero-order valence-electron chi connectivity index (χ0n) is 12.2. The zero-order chi connectivity index (χ0) is 14.6. The topological polar surface area (TPSA) is 29.5 Å². The molecule has 0 aromatic heterocycles. The number of alkyl halides is 2. The lowest BCUT2D eigenvalue weighted by atomic mass is 10.0. The summed E-state index contributed by atoms with van der Waals surface area (Å²) in [5.41, 5.74) is -0.649. The Morgan fingerprint density at radius 2 is 1.83 bits per heavy atom. The fraction of sp³-hybridized carbons (Fsp3) is 0.923.